The Kier molecular flexibility index (Phi) is 5.18. The molecule has 1 aliphatic heterocycles. The fourth-order valence-electron chi connectivity index (χ4n) is 2.09. The van der Waals surface area contributed by atoms with Crippen LogP contribution in [0.15, 0.2) is 24.3 Å². The Morgan fingerprint density at radius 3 is 3.16 bits per heavy atom. The molecular weight excluding hydrogens is 244 g/mol. The molecule has 1 fully saturated rings. The second-order valence-electron chi connectivity index (χ2n) is 4.60. The molecule has 0 aliphatic carbocycles. The average molecular weight is 264 g/mol. The third kappa shape index (κ3) is 4.54. The smallest absolute Gasteiger partial charge is 0.319 e. The minimum absolute atomic E-state index is 0.158. The first-order chi connectivity index (χ1) is 9.28. The quantitative estimate of drug-likeness (QED) is 0.856. The second kappa shape index (κ2) is 7.11. The highest BCUT2D eigenvalue weighted by atomic mass is 16.5. The molecule has 104 valence electrons. The number of methoxy groups -OCH3 is 1. The van der Waals surface area contributed by atoms with Crippen LogP contribution >= 0.6 is 0 Å². The summed E-state index contributed by atoms with van der Waals surface area (Å²) in [4.78, 5) is 11.7. The molecule has 2 amide bonds. The van der Waals surface area contributed by atoms with E-state index < -0.39 is 0 Å². The zero-order valence-corrected chi connectivity index (χ0v) is 11.1. The molecule has 2 N–H and O–H groups in total. The lowest BCUT2D eigenvalue weighted by atomic mass is 10.2. The van der Waals surface area contributed by atoms with Gasteiger partial charge in [-0.3, -0.25) is 0 Å². The summed E-state index contributed by atoms with van der Waals surface area (Å²) in [5.41, 5.74) is 1.79. The first kappa shape index (κ1) is 13.8. The van der Waals surface area contributed by atoms with Gasteiger partial charge in [-0.2, -0.15) is 0 Å². The third-order valence-electron chi connectivity index (χ3n) is 3.01. The number of ether oxygens (including phenoxy) is 2. The van der Waals surface area contributed by atoms with E-state index in [9.17, 15) is 4.79 Å². The predicted octanol–water partition coefficient (Wildman–Crippen LogP) is 2.13. The SMILES string of the molecule is COCc1cccc(NC(=O)NC[C@@H]2CCCO2)c1. The molecule has 1 aromatic carbocycles. The summed E-state index contributed by atoms with van der Waals surface area (Å²) in [6, 6.07) is 7.40. The van der Waals surface area contributed by atoms with Crippen molar-refractivity contribution in [2.75, 3.05) is 25.6 Å². The van der Waals surface area contributed by atoms with E-state index in [-0.39, 0.29) is 12.1 Å². The molecule has 1 atom stereocenters. The largest absolute Gasteiger partial charge is 0.380 e. The molecule has 1 aliphatic rings. The van der Waals surface area contributed by atoms with E-state index in [2.05, 4.69) is 10.6 Å². The molecule has 19 heavy (non-hydrogen) atoms. The van der Waals surface area contributed by atoms with Gasteiger partial charge in [0.15, 0.2) is 0 Å². The van der Waals surface area contributed by atoms with Crippen molar-refractivity contribution in [2.45, 2.75) is 25.6 Å². The van der Waals surface area contributed by atoms with Crippen LogP contribution in [0.3, 0.4) is 0 Å². The standard InChI is InChI=1S/C14H20N2O3/c1-18-10-11-4-2-5-12(8-11)16-14(17)15-9-13-6-3-7-19-13/h2,4-5,8,13H,3,6-7,9-10H2,1H3,(H2,15,16,17)/t13-/m0/s1. The van der Waals surface area contributed by atoms with Gasteiger partial charge in [-0.25, -0.2) is 4.79 Å². The molecule has 0 bridgehead atoms. The lowest BCUT2D eigenvalue weighted by Crippen LogP contribution is -2.35. The van der Waals surface area contributed by atoms with E-state index in [4.69, 9.17) is 9.47 Å². The van der Waals surface area contributed by atoms with Gasteiger partial charge < -0.3 is 20.1 Å². The summed E-state index contributed by atoms with van der Waals surface area (Å²) >= 11 is 0. The Labute approximate surface area is 113 Å². The Hall–Kier alpha value is -1.59. The van der Waals surface area contributed by atoms with E-state index in [1.54, 1.807) is 7.11 Å². The van der Waals surface area contributed by atoms with Crippen molar-refractivity contribution in [3.8, 4) is 0 Å². The van der Waals surface area contributed by atoms with Crippen molar-refractivity contribution in [3.63, 3.8) is 0 Å². The number of urea groups is 1. The van der Waals surface area contributed by atoms with E-state index in [1.807, 2.05) is 24.3 Å². The Morgan fingerprint density at radius 1 is 1.53 bits per heavy atom. The van der Waals surface area contributed by atoms with Crippen LogP contribution in [0.2, 0.25) is 0 Å². The minimum Gasteiger partial charge on any atom is -0.380 e. The second-order valence-corrected chi connectivity index (χ2v) is 4.60. The molecule has 0 radical (unpaired) electrons. The third-order valence-corrected chi connectivity index (χ3v) is 3.01. The number of hydrogen-bond acceptors (Lipinski definition) is 3. The maximum atomic E-state index is 11.7. The fourth-order valence-corrected chi connectivity index (χ4v) is 2.09. The first-order valence-corrected chi connectivity index (χ1v) is 6.52. The van der Waals surface area contributed by atoms with Crippen molar-refractivity contribution in [2.24, 2.45) is 0 Å². The van der Waals surface area contributed by atoms with Crippen LogP contribution in [0, 0.1) is 0 Å². The summed E-state index contributed by atoms with van der Waals surface area (Å²) in [6.45, 7) is 1.89. The summed E-state index contributed by atoms with van der Waals surface area (Å²) in [6.07, 6.45) is 2.25. The molecule has 0 unspecified atom stereocenters. The normalized spacial score (nSPS) is 18.3. The van der Waals surface area contributed by atoms with E-state index in [1.165, 1.54) is 0 Å². The monoisotopic (exact) mass is 264 g/mol. The van der Waals surface area contributed by atoms with Crippen molar-refractivity contribution in [3.05, 3.63) is 29.8 Å². The molecule has 1 saturated heterocycles. The lowest BCUT2D eigenvalue weighted by molar-refractivity contribution is 0.112. The highest BCUT2D eigenvalue weighted by Gasteiger charge is 2.15. The Morgan fingerprint density at radius 2 is 2.42 bits per heavy atom. The van der Waals surface area contributed by atoms with Crippen molar-refractivity contribution < 1.29 is 14.3 Å². The van der Waals surface area contributed by atoms with Crippen LogP contribution in [0.4, 0.5) is 10.5 Å². The fraction of sp³-hybridized carbons (Fsp3) is 0.500. The number of amides is 2. The van der Waals surface area contributed by atoms with Crippen LogP contribution in [0.25, 0.3) is 0 Å². The molecule has 5 heteroatoms. The van der Waals surface area contributed by atoms with Crippen LogP contribution in [0.1, 0.15) is 18.4 Å². The van der Waals surface area contributed by atoms with E-state index >= 15 is 0 Å². The summed E-state index contributed by atoms with van der Waals surface area (Å²) in [7, 11) is 1.65. The molecule has 0 aromatic heterocycles. The van der Waals surface area contributed by atoms with Gasteiger partial charge in [0.05, 0.1) is 12.7 Å². The molecule has 1 aromatic rings. The van der Waals surface area contributed by atoms with Crippen molar-refractivity contribution >= 4 is 11.7 Å². The van der Waals surface area contributed by atoms with Gasteiger partial charge in [0.25, 0.3) is 0 Å². The van der Waals surface area contributed by atoms with Crippen LogP contribution in [-0.2, 0) is 16.1 Å². The van der Waals surface area contributed by atoms with Gasteiger partial charge in [-0.1, -0.05) is 12.1 Å². The van der Waals surface area contributed by atoms with Crippen LogP contribution < -0.4 is 10.6 Å². The number of carbonyl (C=O) groups excluding carboxylic acids is 1. The molecule has 0 saturated carbocycles. The highest BCUT2D eigenvalue weighted by molar-refractivity contribution is 5.89. The Balaban J connectivity index is 1.79. The zero-order valence-electron chi connectivity index (χ0n) is 11.1. The van der Waals surface area contributed by atoms with Crippen molar-refractivity contribution in [1.82, 2.24) is 5.32 Å². The highest BCUT2D eigenvalue weighted by Crippen LogP contribution is 2.12. The topological polar surface area (TPSA) is 59.6 Å². The summed E-state index contributed by atoms with van der Waals surface area (Å²) < 4.78 is 10.5. The van der Waals surface area contributed by atoms with Crippen LogP contribution in [-0.4, -0.2) is 32.4 Å². The maximum absolute atomic E-state index is 11.7. The number of anilines is 1. The molecular formula is C14H20N2O3. The number of carbonyl (C=O) groups is 1. The lowest BCUT2D eigenvalue weighted by Gasteiger charge is -2.12. The van der Waals surface area contributed by atoms with Gasteiger partial charge in [-0.15, -0.1) is 0 Å². The van der Waals surface area contributed by atoms with Crippen LogP contribution in [0.5, 0.6) is 0 Å². The van der Waals surface area contributed by atoms with Gasteiger partial charge >= 0.3 is 6.03 Å². The first-order valence-electron chi connectivity index (χ1n) is 6.52. The van der Waals surface area contributed by atoms with Gasteiger partial charge in [-0.05, 0) is 30.5 Å². The summed E-state index contributed by atoms with van der Waals surface area (Å²) in [5.74, 6) is 0. The number of benzene rings is 1. The number of hydrogen-bond donors (Lipinski definition) is 2. The minimum atomic E-state index is -0.204. The van der Waals surface area contributed by atoms with Gasteiger partial charge in [0, 0.05) is 25.9 Å². The summed E-state index contributed by atoms with van der Waals surface area (Å²) in [5, 5.41) is 5.62. The molecule has 1 heterocycles. The van der Waals surface area contributed by atoms with Gasteiger partial charge in [0.2, 0.25) is 0 Å². The van der Waals surface area contributed by atoms with E-state index in [0.29, 0.717) is 13.2 Å². The Bertz CT molecular complexity index is 417. The average Bonchev–Trinajstić information content (AvgIpc) is 2.90. The predicted molar refractivity (Wildman–Crippen MR) is 73.2 cm³/mol. The van der Waals surface area contributed by atoms with Crippen molar-refractivity contribution in [1.29, 1.82) is 0 Å². The van der Waals surface area contributed by atoms with E-state index in [0.717, 1.165) is 30.7 Å². The zero-order chi connectivity index (χ0) is 13.5. The number of rotatable bonds is 5. The molecule has 2 rings (SSSR count). The molecule has 0 spiro atoms. The molecule has 5 nitrogen and oxygen atoms in total. The van der Waals surface area contributed by atoms with Gasteiger partial charge in [0.1, 0.15) is 0 Å². The number of nitrogens with one attached hydrogen (secondary N) is 2. The maximum Gasteiger partial charge on any atom is 0.319 e.